The number of nitrogens with zero attached hydrogens (tertiary/aromatic N) is 1. The molecule has 8 heteroatoms. The molecule has 0 bridgehead atoms. The van der Waals surface area contributed by atoms with Crippen LogP contribution >= 0.6 is 11.6 Å². The molecule has 0 saturated carbocycles. The lowest BCUT2D eigenvalue weighted by Crippen LogP contribution is -2.19. The van der Waals surface area contributed by atoms with Crippen molar-refractivity contribution in [3.05, 3.63) is 77.3 Å². The van der Waals surface area contributed by atoms with Gasteiger partial charge in [0.2, 0.25) is 0 Å². The normalized spacial score (nSPS) is 10.7. The number of carbonyl (C=O) groups excluding carboxylic acids is 1. The van der Waals surface area contributed by atoms with Gasteiger partial charge in [0.1, 0.15) is 18.1 Å². The molecule has 158 valence electrons. The summed E-state index contributed by atoms with van der Waals surface area (Å²) in [5, 5.41) is 7.29. The fourth-order valence-electron chi connectivity index (χ4n) is 3.14. The monoisotopic (exact) mass is 437 g/mol. The molecule has 0 unspecified atom stereocenters. The Bertz CT molecular complexity index is 1240. The molecular weight excluding hydrogens is 418 g/mol. The molecule has 31 heavy (non-hydrogen) atoms. The van der Waals surface area contributed by atoms with Crippen molar-refractivity contribution in [3.8, 4) is 11.5 Å². The molecule has 2 N–H and O–H groups in total. The molecule has 0 fully saturated rings. The summed E-state index contributed by atoms with van der Waals surface area (Å²) in [7, 11) is 3.14. The first-order chi connectivity index (χ1) is 15.1. The lowest BCUT2D eigenvalue weighted by atomic mass is 10.2. The molecule has 2 aromatic heterocycles. The zero-order valence-corrected chi connectivity index (χ0v) is 17.7. The molecular formula is C23H20ClN3O4. The summed E-state index contributed by atoms with van der Waals surface area (Å²) in [5.74, 6) is 0.959. The highest BCUT2D eigenvalue weighted by Crippen LogP contribution is 2.36. The first-order valence-electron chi connectivity index (χ1n) is 9.49. The van der Waals surface area contributed by atoms with Crippen molar-refractivity contribution in [2.24, 2.45) is 0 Å². The highest BCUT2D eigenvalue weighted by molar-refractivity contribution is 6.32. The first kappa shape index (κ1) is 20.6. The van der Waals surface area contributed by atoms with Crippen molar-refractivity contribution in [2.75, 3.05) is 19.5 Å². The van der Waals surface area contributed by atoms with Crippen LogP contribution in [0.2, 0.25) is 5.02 Å². The molecule has 4 aromatic rings. The molecule has 2 aromatic carbocycles. The van der Waals surface area contributed by atoms with Gasteiger partial charge in [-0.2, -0.15) is 0 Å². The maximum Gasteiger partial charge on any atom is 0.269 e. The van der Waals surface area contributed by atoms with Crippen molar-refractivity contribution in [3.63, 3.8) is 0 Å². The van der Waals surface area contributed by atoms with Crippen molar-refractivity contribution >= 4 is 39.9 Å². The average Bonchev–Trinajstić information content (AvgIpc) is 3.29. The molecule has 0 aliphatic rings. The number of halogens is 1. The average molecular weight is 438 g/mol. The summed E-state index contributed by atoms with van der Waals surface area (Å²) >= 11 is 6.22. The van der Waals surface area contributed by atoms with Crippen LogP contribution in [0.1, 0.15) is 16.1 Å². The number of anilines is 2. The predicted molar refractivity (Wildman–Crippen MR) is 119 cm³/mol. The summed E-state index contributed by atoms with van der Waals surface area (Å²) in [5.41, 5.74) is 3.45. The topological polar surface area (TPSA) is 85.6 Å². The molecule has 2 heterocycles. The number of amides is 1. The zero-order chi connectivity index (χ0) is 21.8. The Morgan fingerprint density at radius 3 is 2.74 bits per heavy atom. The summed E-state index contributed by atoms with van der Waals surface area (Å²) in [6.07, 6.45) is 3.19. The van der Waals surface area contributed by atoms with Gasteiger partial charge in [0.25, 0.3) is 5.91 Å². The first-order valence-corrected chi connectivity index (χ1v) is 9.87. The Balaban J connectivity index is 1.54. The fraction of sp³-hybridized carbons (Fsp3) is 0.130. The van der Waals surface area contributed by atoms with Gasteiger partial charge in [0.05, 0.1) is 18.4 Å². The van der Waals surface area contributed by atoms with Crippen LogP contribution in [0.15, 0.2) is 65.4 Å². The molecule has 0 saturated heterocycles. The number of fused-ring (bicyclic) bond motifs is 1. The Kier molecular flexibility index (Phi) is 5.95. The largest absolute Gasteiger partial charge is 0.495 e. The van der Waals surface area contributed by atoms with Gasteiger partial charge >= 0.3 is 0 Å². The second-order valence-corrected chi connectivity index (χ2v) is 7.07. The van der Waals surface area contributed by atoms with Gasteiger partial charge in [-0.15, -0.1) is 0 Å². The van der Waals surface area contributed by atoms with E-state index in [1.807, 2.05) is 24.3 Å². The molecule has 7 nitrogen and oxygen atoms in total. The van der Waals surface area contributed by atoms with E-state index in [9.17, 15) is 4.79 Å². The number of rotatable bonds is 7. The van der Waals surface area contributed by atoms with E-state index >= 15 is 0 Å². The molecule has 0 radical (unpaired) electrons. The van der Waals surface area contributed by atoms with E-state index in [0.29, 0.717) is 27.8 Å². The fourth-order valence-corrected chi connectivity index (χ4v) is 3.39. The van der Waals surface area contributed by atoms with Crippen molar-refractivity contribution in [1.29, 1.82) is 0 Å². The van der Waals surface area contributed by atoms with Gasteiger partial charge < -0.3 is 24.5 Å². The highest BCUT2D eigenvalue weighted by atomic mass is 35.5. The third-order valence-corrected chi connectivity index (χ3v) is 4.99. The third-order valence-electron chi connectivity index (χ3n) is 4.69. The number of nitrogens with one attached hydrogen (secondary N) is 2. The van der Waals surface area contributed by atoms with E-state index in [1.165, 1.54) is 0 Å². The van der Waals surface area contributed by atoms with E-state index in [2.05, 4.69) is 15.6 Å². The standard InChI is InChI=1S/C23H20ClN3O4/c1-25-23(28)19-11-14(7-9-26-19)13-31-21-6-4-18(16-8-10-30-22(16)21)27-15-3-5-20(29-2)17(24)12-15/h3-12,27H,13H2,1-2H3,(H,25,28). The lowest BCUT2D eigenvalue weighted by molar-refractivity contribution is 0.0958. The number of methoxy groups -OCH3 is 1. The van der Waals surface area contributed by atoms with E-state index in [0.717, 1.165) is 22.3 Å². The van der Waals surface area contributed by atoms with Gasteiger partial charge in [-0.3, -0.25) is 9.78 Å². The Hall–Kier alpha value is -3.71. The summed E-state index contributed by atoms with van der Waals surface area (Å²) in [4.78, 5) is 15.8. The maximum absolute atomic E-state index is 11.8. The minimum atomic E-state index is -0.246. The Labute approximate surface area is 183 Å². The number of hydrogen-bond donors (Lipinski definition) is 2. The zero-order valence-electron chi connectivity index (χ0n) is 16.9. The Morgan fingerprint density at radius 2 is 1.97 bits per heavy atom. The number of carbonyl (C=O) groups is 1. The minimum Gasteiger partial charge on any atom is -0.495 e. The Morgan fingerprint density at radius 1 is 1.13 bits per heavy atom. The number of benzene rings is 2. The minimum absolute atomic E-state index is 0.246. The second kappa shape index (κ2) is 8.97. The van der Waals surface area contributed by atoms with Crippen LogP contribution in [0.5, 0.6) is 11.5 Å². The van der Waals surface area contributed by atoms with Crippen LogP contribution < -0.4 is 20.1 Å². The van der Waals surface area contributed by atoms with Gasteiger partial charge in [-0.1, -0.05) is 11.6 Å². The summed E-state index contributed by atoms with van der Waals surface area (Å²) < 4.78 is 16.8. The van der Waals surface area contributed by atoms with Gasteiger partial charge in [-0.25, -0.2) is 0 Å². The van der Waals surface area contributed by atoms with Crippen molar-refractivity contribution < 1.29 is 18.7 Å². The third kappa shape index (κ3) is 4.41. The van der Waals surface area contributed by atoms with Crippen LogP contribution in [-0.2, 0) is 6.61 Å². The smallest absolute Gasteiger partial charge is 0.269 e. The van der Waals surface area contributed by atoms with E-state index < -0.39 is 0 Å². The quantitative estimate of drug-likeness (QED) is 0.414. The van der Waals surface area contributed by atoms with Gasteiger partial charge in [0.15, 0.2) is 11.3 Å². The van der Waals surface area contributed by atoms with Crippen LogP contribution in [0.3, 0.4) is 0 Å². The summed E-state index contributed by atoms with van der Waals surface area (Å²) in [6, 6.07) is 14.6. The van der Waals surface area contributed by atoms with Crippen molar-refractivity contribution in [2.45, 2.75) is 6.61 Å². The van der Waals surface area contributed by atoms with Gasteiger partial charge in [0, 0.05) is 30.0 Å². The molecule has 1 amide bonds. The molecule has 0 atom stereocenters. The highest BCUT2D eigenvalue weighted by Gasteiger charge is 2.12. The predicted octanol–water partition coefficient (Wildman–Crippen LogP) is 5.17. The number of hydrogen-bond acceptors (Lipinski definition) is 6. The van der Waals surface area contributed by atoms with Crippen LogP contribution in [-0.4, -0.2) is 25.0 Å². The van der Waals surface area contributed by atoms with Gasteiger partial charge in [-0.05, 0) is 54.1 Å². The van der Waals surface area contributed by atoms with Crippen LogP contribution in [0.25, 0.3) is 11.0 Å². The van der Waals surface area contributed by atoms with Crippen LogP contribution in [0, 0.1) is 0 Å². The van der Waals surface area contributed by atoms with E-state index in [1.54, 1.807) is 50.9 Å². The second-order valence-electron chi connectivity index (χ2n) is 6.67. The number of furan rings is 1. The molecule has 0 aliphatic heterocycles. The maximum atomic E-state index is 11.8. The van der Waals surface area contributed by atoms with E-state index in [4.69, 9.17) is 25.5 Å². The lowest BCUT2D eigenvalue weighted by Gasteiger charge is -2.12. The van der Waals surface area contributed by atoms with Crippen molar-refractivity contribution in [1.82, 2.24) is 10.3 Å². The van der Waals surface area contributed by atoms with Crippen LogP contribution in [0.4, 0.5) is 11.4 Å². The molecule has 0 spiro atoms. The molecule has 0 aliphatic carbocycles. The van der Waals surface area contributed by atoms with E-state index in [-0.39, 0.29) is 12.5 Å². The molecule has 4 rings (SSSR count). The number of pyridine rings is 1. The summed E-state index contributed by atoms with van der Waals surface area (Å²) in [6.45, 7) is 0.267. The SMILES string of the molecule is CNC(=O)c1cc(COc2ccc(Nc3ccc(OC)c(Cl)c3)c3ccoc23)ccn1. The number of aromatic nitrogens is 1. The number of ether oxygens (including phenoxy) is 2.